The molecule has 0 radical (unpaired) electrons. The van der Waals surface area contributed by atoms with Crippen molar-refractivity contribution < 1.29 is 10.0 Å². The number of rotatable bonds is 4. The lowest BCUT2D eigenvalue weighted by molar-refractivity contribution is -0.390. The van der Waals surface area contributed by atoms with Gasteiger partial charge in [0.15, 0.2) is 0 Å². The molecule has 0 aliphatic rings. The standard InChI is InChI=1S/C7H10BrN3O3/c1-5(12)2-3-10-4-6(8)7(9-10)11(13)14/h4-5,12H,2-3H2,1H3. The Bertz CT molecular complexity index is 337. The third-order valence-electron chi connectivity index (χ3n) is 1.65. The molecule has 0 amide bonds. The summed E-state index contributed by atoms with van der Waals surface area (Å²) in [4.78, 5) is 9.87. The molecule has 0 saturated heterocycles. The Morgan fingerprint density at radius 1 is 1.86 bits per heavy atom. The SMILES string of the molecule is CC(O)CCn1cc(Br)c([N+](=O)[O-])n1. The Morgan fingerprint density at radius 3 is 2.93 bits per heavy atom. The van der Waals surface area contributed by atoms with Crippen molar-refractivity contribution in [2.24, 2.45) is 0 Å². The molecule has 0 aromatic carbocycles. The van der Waals surface area contributed by atoms with Crippen molar-refractivity contribution in [2.75, 3.05) is 0 Å². The van der Waals surface area contributed by atoms with Crippen molar-refractivity contribution in [1.29, 1.82) is 0 Å². The van der Waals surface area contributed by atoms with Gasteiger partial charge in [0.25, 0.3) is 0 Å². The predicted molar refractivity (Wildman–Crippen MR) is 52.9 cm³/mol. The van der Waals surface area contributed by atoms with Gasteiger partial charge < -0.3 is 15.2 Å². The van der Waals surface area contributed by atoms with E-state index in [4.69, 9.17) is 5.11 Å². The number of aromatic nitrogens is 2. The maximum atomic E-state index is 10.4. The fourth-order valence-electron chi connectivity index (χ4n) is 0.944. The second-order valence-electron chi connectivity index (χ2n) is 2.96. The van der Waals surface area contributed by atoms with E-state index >= 15 is 0 Å². The highest BCUT2D eigenvalue weighted by Crippen LogP contribution is 2.22. The van der Waals surface area contributed by atoms with Gasteiger partial charge in [0.2, 0.25) is 0 Å². The Hall–Kier alpha value is -0.950. The van der Waals surface area contributed by atoms with Gasteiger partial charge in [0.1, 0.15) is 4.47 Å². The Kier molecular flexibility index (Phi) is 3.59. The van der Waals surface area contributed by atoms with Gasteiger partial charge in [-0.2, -0.15) is 4.68 Å². The van der Waals surface area contributed by atoms with E-state index in [2.05, 4.69) is 21.0 Å². The molecular weight excluding hydrogens is 254 g/mol. The molecule has 1 heterocycles. The van der Waals surface area contributed by atoms with E-state index in [0.29, 0.717) is 17.4 Å². The molecule has 14 heavy (non-hydrogen) atoms. The number of hydrogen-bond donors (Lipinski definition) is 1. The normalized spacial score (nSPS) is 12.8. The fourth-order valence-corrected chi connectivity index (χ4v) is 1.40. The minimum atomic E-state index is -0.553. The topological polar surface area (TPSA) is 81.2 Å². The first-order valence-corrected chi connectivity index (χ1v) is 4.85. The van der Waals surface area contributed by atoms with Crippen LogP contribution in [0.15, 0.2) is 10.7 Å². The van der Waals surface area contributed by atoms with Gasteiger partial charge in [0, 0.05) is 0 Å². The van der Waals surface area contributed by atoms with Crippen LogP contribution in [0.2, 0.25) is 0 Å². The van der Waals surface area contributed by atoms with Crippen molar-refractivity contribution in [3.63, 3.8) is 0 Å². The van der Waals surface area contributed by atoms with Crippen LogP contribution in [0.5, 0.6) is 0 Å². The van der Waals surface area contributed by atoms with Gasteiger partial charge in [-0.15, -0.1) is 0 Å². The third-order valence-corrected chi connectivity index (χ3v) is 2.21. The van der Waals surface area contributed by atoms with Crippen LogP contribution in [0.4, 0.5) is 5.82 Å². The van der Waals surface area contributed by atoms with E-state index < -0.39 is 11.0 Å². The molecule has 1 unspecified atom stereocenters. The first-order chi connectivity index (χ1) is 6.50. The van der Waals surface area contributed by atoms with E-state index in [1.165, 1.54) is 10.9 Å². The zero-order chi connectivity index (χ0) is 10.7. The van der Waals surface area contributed by atoms with Crippen molar-refractivity contribution >= 4 is 21.7 Å². The highest BCUT2D eigenvalue weighted by atomic mass is 79.9. The lowest BCUT2D eigenvalue weighted by Gasteiger charge is -1.99. The second kappa shape index (κ2) is 4.52. The number of aliphatic hydroxyl groups excluding tert-OH is 1. The number of aliphatic hydroxyl groups is 1. The Balaban J connectivity index is 2.71. The first kappa shape index (κ1) is 11.1. The molecule has 7 heteroatoms. The maximum absolute atomic E-state index is 10.4. The third kappa shape index (κ3) is 2.78. The van der Waals surface area contributed by atoms with Crippen LogP contribution in [0.3, 0.4) is 0 Å². The van der Waals surface area contributed by atoms with Gasteiger partial charge in [-0.1, -0.05) is 0 Å². The average Bonchev–Trinajstić information content (AvgIpc) is 2.43. The molecule has 1 rings (SSSR count). The first-order valence-electron chi connectivity index (χ1n) is 4.06. The number of nitrogens with zero attached hydrogens (tertiary/aromatic N) is 3. The largest absolute Gasteiger partial charge is 0.404 e. The summed E-state index contributed by atoms with van der Waals surface area (Å²) in [5.74, 6) is -0.199. The van der Waals surface area contributed by atoms with E-state index in [0.717, 1.165) is 0 Å². The van der Waals surface area contributed by atoms with Gasteiger partial charge in [-0.25, -0.2) is 0 Å². The summed E-state index contributed by atoms with van der Waals surface area (Å²) in [6, 6.07) is 0. The number of nitro groups is 1. The van der Waals surface area contributed by atoms with Crippen LogP contribution in [0, 0.1) is 10.1 Å². The predicted octanol–water partition coefficient (Wildman–Crippen LogP) is 1.32. The number of hydrogen-bond acceptors (Lipinski definition) is 4. The van der Waals surface area contributed by atoms with E-state index in [9.17, 15) is 10.1 Å². The van der Waals surface area contributed by atoms with Gasteiger partial charge in [-0.3, -0.25) is 0 Å². The number of halogens is 1. The molecular formula is C7H10BrN3O3. The molecule has 0 bridgehead atoms. The monoisotopic (exact) mass is 263 g/mol. The highest BCUT2D eigenvalue weighted by molar-refractivity contribution is 9.10. The summed E-state index contributed by atoms with van der Waals surface area (Å²) >= 11 is 3.04. The number of aryl methyl sites for hydroxylation is 1. The molecule has 1 aromatic rings. The summed E-state index contributed by atoms with van der Waals surface area (Å²) < 4.78 is 1.79. The van der Waals surface area contributed by atoms with E-state index in [-0.39, 0.29) is 5.82 Å². The Labute approximate surface area is 88.8 Å². The van der Waals surface area contributed by atoms with Crippen LogP contribution in [-0.2, 0) is 6.54 Å². The zero-order valence-electron chi connectivity index (χ0n) is 7.55. The zero-order valence-corrected chi connectivity index (χ0v) is 9.14. The van der Waals surface area contributed by atoms with Gasteiger partial charge in [0.05, 0.1) is 23.9 Å². The summed E-state index contributed by atoms with van der Waals surface area (Å²) in [5.41, 5.74) is 0. The highest BCUT2D eigenvalue weighted by Gasteiger charge is 2.18. The second-order valence-corrected chi connectivity index (χ2v) is 3.81. The van der Waals surface area contributed by atoms with Crippen LogP contribution >= 0.6 is 15.9 Å². The molecule has 0 aliphatic heterocycles. The van der Waals surface area contributed by atoms with Crippen LogP contribution in [0.1, 0.15) is 13.3 Å². The van der Waals surface area contributed by atoms with E-state index in [1.54, 1.807) is 6.92 Å². The summed E-state index contributed by atoms with van der Waals surface area (Å²) in [6.45, 7) is 2.12. The Morgan fingerprint density at radius 2 is 2.50 bits per heavy atom. The van der Waals surface area contributed by atoms with Crippen molar-refractivity contribution in [3.05, 3.63) is 20.8 Å². The molecule has 78 valence electrons. The lowest BCUT2D eigenvalue weighted by Crippen LogP contribution is -2.07. The smallest absolute Gasteiger partial charge is 0.393 e. The molecule has 6 nitrogen and oxygen atoms in total. The molecule has 1 N–H and O–H groups in total. The summed E-state index contributed by atoms with van der Waals surface area (Å²) in [6.07, 6.45) is 1.61. The fraction of sp³-hybridized carbons (Fsp3) is 0.571. The average molecular weight is 264 g/mol. The lowest BCUT2D eigenvalue weighted by atomic mass is 10.3. The van der Waals surface area contributed by atoms with Gasteiger partial charge >= 0.3 is 5.82 Å². The summed E-state index contributed by atoms with van der Waals surface area (Å²) in [7, 11) is 0. The van der Waals surface area contributed by atoms with Crippen LogP contribution < -0.4 is 0 Å². The molecule has 0 spiro atoms. The van der Waals surface area contributed by atoms with E-state index in [1.807, 2.05) is 0 Å². The molecule has 0 aliphatic carbocycles. The van der Waals surface area contributed by atoms with Crippen LogP contribution in [0.25, 0.3) is 0 Å². The molecule has 0 fully saturated rings. The van der Waals surface area contributed by atoms with Crippen molar-refractivity contribution in [3.8, 4) is 0 Å². The quantitative estimate of drug-likeness (QED) is 0.656. The van der Waals surface area contributed by atoms with Gasteiger partial charge in [-0.05, 0) is 34.2 Å². The molecule has 1 aromatic heterocycles. The van der Waals surface area contributed by atoms with Crippen LogP contribution in [-0.4, -0.2) is 25.9 Å². The minimum Gasteiger partial charge on any atom is -0.393 e. The molecule has 0 saturated carbocycles. The van der Waals surface area contributed by atoms with Crippen molar-refractivity contribution in [1.82, 2.24) is 9.78 Å². The summed E-state index contributed by atoms with van der Waals surface area (Å²) in [5, 5.41) is 23.2. The molecule has 1 atom stereocenters. The van der Waals surface area contributed by atoms with Crippen molar-refractivity contribution in [2.45, 2.75) is 26.0 Å². The maximum Gasteiger partial charge on any atom is 0.404 e. The minimum absolute atomic E-state index is 0.199.